The van der Waals surface area contributed by atoms with Gasteiger partial charge in [-0.3, -0.25) is 4.79 Å². The van der Waals surface area contributed by atoms with Crippen molar-refractivity contribution in [3.05, 3.63) is 51.3 Å². The quantitative estimate of drug-likeness (QED) is 0.693. The highest BCUT2D eigenvalue weighted by Crippen LogP contribution is 2.21. The standard InChI is InChI=1S/C16H15ClN6O/c1-23-5-3-11-10(8-23)6-12(15(24)20-11)21-16-19-7-9-2-4-18-14(17)13(9)22-16/h2,4,6-7H,3,5,8H2,1H3,(H,20,24)(H,19,21,22). The van der Waals surface area contributed by atoms with Crippen LogP contribution in [0.5, 0.6) is 0 Å². The van der Waals surface area contributed by atoms with Crippen molar-refractivity contribution in [1.82, 2.24) is 24.8 Å². The molecule has 3 aromatic rings. The number of fused-ring (bicyclic) bond motifs is 2. The Morgan fingerprint density at radius 3 is 3.12 bits per heavy atom. The molecule has 122 valence electrons. The van der Waals surface area contributed by atoms with E-state index in [2.05, 4.69) is 37.2 Å². The summed E-state index contributed by atoms with van der Waals surface area (Å²) in [5.41, 5.74) is 2.88. The van der Waals surface area contributed by atoms with E-state index in [9.17, 15) is 4.79 Å². The molecule has 8 heteroatoms. The molecule has 3 aromatic heterocycles. The van der Waals surface area contributed by atoms with Gasteiger partial charge in [0.2, 0.25) is 5.95 Å². The SMILES string of the molecule is CN1CCc2[nH]c(=O)c(Nc3ncc4ccnc(Cl)c4n3)cc2C1. The summed E-state index contributed by atoms with van der Waals surface area (Å²) in [6, 6.07) is 3.65. The van der Waals surface area contributed by atoms with Crippen LogP contribution in [0.3, 0.4) is 0 Å². The third kappa shape index (κ3) is 2.72. The maximum atomic E-state index is 12.3. The van der Waals surface area contributed by atoms with Gasteiger partial charge in [-0.2, -0.15) is 0 Å². The summed E-state index contributed by atoms with van der Waals surface area (Å²) in [6.07, 6.45) is 4.10. The van der Waals surface area contributed by atoms with Gasteiger partial charge in [-0.25, -0.2) is 15.0 Å². The van der Waals surface area contributed by atoms with Crippen LogP contribution >= 0.6 is 11.6 Å². The molecule has 24 heavy (non-hydrogen) atoms. The summed E-state index contributed by atoms with van der Waals surface area (Å²) < 4.78 is 0. The molecule has 0 atom stereocenters. The Labute approximate surface area is 142 Å². The van der Waals surface area contributed by atoms with Crippen LogP contribution in [0.4, 0.5) is 11.6 Å². The van der Waals surface area contributed by atoms with E-state index in [1.165, 1.54) is 0 Å². The fourth-order valence-electron chi connectivity index (χ4n) is 2.84. The fraction of sp³-hybridized carbons (Fsp3) is 0.250. The first-order valence-corrected chi connectivity index (χ1v) is 7.96. The lowest BCUT2D eigenvalue weighted by atomic mass is 10.1. The maximum Gasteiger partial charge on any atom is 0.271 e. The predicted molar refractivity (Wildman–Crippen MR) is 92.7 cm³/mol. The van der Waals surface area contributed by atoms with Gasteiger partial charge in [-0.1, -0.05) is 11.6 Å². The highest BCUT2D eigenvalue weighted by Gasteiger charge is 2.16. The molecule has 0 aliphatic carbocycles. The van der Waals surface area contributed by atoms with Crippen molar-refractivity contribution >= 4 is 34.1 Å². The second-order valence-electron chi connectivity index (χ2n) is 5.86. The molecule has 0 spiro atoms. The lowest BCUT2D eigenvalue weighted by molar-refractivity contribution is 0.310. The van der Waals surface area contributed by atoms with Crippen LogP contribution in [0.2, 0.25) is 5.15 Å². The number of aromatic amines is 1. The molecule has 0 radical (unpaired) electrons. The number of pyridine rings is 2. The Bertz CT molecular complexity index is 986. The van der Waals surface area contributed by atoms with E-state index in [1.807, 2.05) is 6.07 Å². The number of halogens is 1. The maximum absolute atomic E-state index is 12.3. The smallest absolute Gasteiger partial charge is 0.271 e. The zero-order chi connectivity index (χ0) is 16.7. The molecule has 0 saturated carbocycles. The van der Waals surface area contributed by atoms with Gasteiger partial charge in [-0.05, 0) is 24.7 Å². The van der Waals surface area contributed by atoms with Crippen LogP contribution in [0.15, 0.2) is 29.3 Å². The predicted octanol–water partition coefficient (Wildman–Crippen LogP) is 2.10. The van der Waals surface area contributed by atoms with Crippen LogP contribution in [-0.2, 0) is 13.0 Å². The Morgan fingerprint density at radius 2 is 2.25 bits per heavy atom. The Kier molecular flexibility index (Phi) is 3.66. The second kappa shape index (κ2) is 5.85. The molecule has 1 aliphatic heterocycles. The highest BCUT2D eigenvalue weighted by molar-refractivity contribution is 6.33. The molecular weight excluding hydrogens is 328 g/mol. The van der Waals surface area contributed by atoms with Crippen LogP contribution < -0.4 is 10.9 Å². The third-order valence-corrected chi connectivity index (χ3v) is 4.38. The average Bonchev–Trinajstić information content (AvgIpc) is 2.57. The van der Waals surface area contributed by atoms with E-state index in [0.29, 0.717) is 22.3 Å². The molecule has 7 nitrogen and oxygen atoms in total. The van der Waals surface area contributed by atoms with Gasteiger partial charge in [0.1, 0.15) is 11.2 Å². The number of nitrogens with zero attached hydrogens (tertiary/aromatic N) is 4. The van der Waals surface area contributed by atoms with E-state index in [-0.39, 0.29) is 5.56 Å². The molecule has 4 heterocycles. The number of H-pyrrole nitrogens is 1. The average molecular weight is 343 g/mol. The summed E-state index contributed by atoms with van der Waals surface area (Å²) in [6.45, 7) is 1.74. The van der Waals surface area contributed by atoms with Crippen molar-refractivity contribution in [1.29, 1.82) is 0 Å². The fourth-order valence-corrected chi connectivity index (χ4v) is 3.05. The molecular formula is C16H15ClN6O. The molecule has 1 aliphatic rings. The van der Waals surface area contributed by atoms with Gasteiger partial charge in [0, 0.05) is 43.0 Å². The van der Waals surface area contributed by atoms with Gasteiger partial charge < -0.3 is 15.2 Å². The zero-order valence-electron chi connectivity index (χ0n) is 13.0. The van der Waals surface area contributed by atoms with Gasteiger partial charge in [-0.15, -0.1) is 0 Å². The van der Waals surface area contributed by atoms with Crippen molar-refractivity contribution in [3.63, 3.8) is 0 Å². The molecule has 0 fully saturated rings. The summed E-state index contributed by atoms with van der Waals surface area (Å²) in [7, 11) is 2.06. The number of rotatable bonds is 2. The van der Waals surface area contributed by atoms with Gasteiger partial charge in [0.05, 0.1) is 0 Å². The number of hydrogen-bond acceptors (Lipinski definition) is 6. The first kappa shape index (κ1) is 15.0. The summed E-state index contributed by atoms with van der Waals surface area (Å²) in [5.74, 6) is 0.312. The summed E-state index contributed by atoms with van der Waals surface area (Å²) in [5, 5.41) is 4.08. The van der Waals surface area contributed by atoms with Gasteiger partial charge >= 0.3 is 0 Å². The normalized spacial score (nSPS) is 14.6. The molecule has 0 saturated heterocycles. The molecule has 0 aromatic carbocycles. The van der Waals surface area contributed by atoms with Crippen LogP contribution in [-0.4, -0.2) is 38.4 Å². The summed E-state index contributed by atoms with van der Waals surface area (Å²) >= 11 is 6.07. The zero-order valence-corrected chi connectivity index (χ0v) is 13.8. The van der Waals surface area contributed by atoms with E-state index in [0.717, 1.165) is 36.2 Å². The van der Waals surface area contributed by atoms with Crippen molar-refractivity contribution in [2.24, 2.45) is 0 Å². The Morgan fingerprint density at radius 1 is 1.38 bits per heavy atom. The largest absolute Gasteiger partial charge is 0.324 e. The molecule has 0 amide bonds. The van der Waals surface area contributed by atoms with Crippen molar-refractivity contribution in [3.8, 4) is 0 Å². The minimum absolute atomic E-state index is 0.181. The Hall–Kier alpha value is -2.51. The monoisotopic (exact) mass is 342 g/mol. The van der Waals surface area contributed by atoms with Crippen molar-refractivity contribution < 1.29 is 0 Å². The van der Waals surface area contributed by atoms with E-state index < -0.39 is 0 Å². The third-order valence-electron chi connectivity index (χ3n) is 4.10. The topological polar surface area (TPSA) is 86.8 Å². The minimum Gasteiger partial charge on any atom is -0.324 e. The van der Waals surface area contributed by atoms with Crippen molar-refractivity contribution in [2.75, 3.05) is 18.9 Å². The number of anilines is 2. The first-order chi connectivity index (χ1) is 11.6. The molecule has 0 bridgehead atoms. The number of nitrogens with one attached hydrogen (secondary N) is 2. The minimum atomic E-state index is -0.181. The molecule has 2 N–H and O–H groups in total. The second-order valence-corrected chi connectivity index (χ2v) is 6.22. The lowest BCUT2D eigenvalue weighted by Gasteiger charge is -2.24. The number of hydrogen-bond donors (Lipinski definition) is 2. The van der Waals surface area contributed by atoms with Crippen molar-refractivity contribution in [2.45, 2.75) is 13.0 Å². The van der Waals surface area contributed by atoms with Crippen LogP contribution in [0.25, 0.3) is 10.9 Å². The van der Waals surface area contributed by atoms with E-state index >= 15 is 0 Å². The Balaban J connectivity index is 1.72. The summed E-state index contributed by atoms with van der Waals surface area (Å²) in [4.78, 5) is 30.1. The van der Waals surface area contributed by atoms with Gasteiger partial charge in [0.25, 0.3) is 5.56 Å². The highest BCUT2D eigenvalue weighted by atomic mass is 35.5. The van der Waals surface area contributed by atoms with Crippen LogP contribution in [0.1, 0.15) is 11.3 Å². The van der Waals surface area contributed by atoms with E-state index in [4.69, 9.17) is 11.6 Å². The number of likely N-dealkylation sites (N-methyl/N-ethyl adjacent to an activating group) is 1. The first-order valence-electron chi connectivity index (χ1n) is 7.58. The van der Waals surface area contributed by atoms with Gasteiger partial charge in [0.15, 0.2) is 5.15 Å². The van der Waals surface area contributed by atoms with E-state index in [1.54, 1.807) is 18.5 Å². The lowest BCUT2D eigenvalue weighted by Crippen LogP contribution is -2.29. The van der Waals surface area contributed by atoms with Crippen LogP contribution in [0, 0.1) is 0 Å². The molecule has 4 rings (SSSR count). The number of aromatic nitrogens is 4. The molecule has 0 unspecified atom stereocenters.